The number of carboxylic acid groups (broad SMARTS) is 1. The van der Waals surface area contributed by atoms with Crippen LogP contribution in [0.3, 0.4) is 0 Å². The Morgan fingerprint density at radius 2 is 0.988 bits per heavy atom. The van der Waals surface area contributed by atoms with E-state index in [0.717, 1.165) is 161 Å². The number of aliphatic carboxylic acids is 1. The van der Waals surface area contributed by atoms with Crippen LogP contribution in [0.15, 0.2) is 110 Å². The van der Waals surface area contributed by atoms with E-state index in [-0.39, 0.29) is 48.3 Å². The number of hydrogen-bond acceptors (Lipinski definition) is 9. The van der Waals surface area contributed by atoms with Gasteiger partial charge >= 0.3 is 5.97 Å². The molecule has 450 valence electrons. The lowest BCUT2D eigenvalue weighted by Gasteiger charge is -2.36. The molecular formula is C70H94N8O6. The Balaban J connectivity index is 0.000000202. The number of amides is 2. The Morgan fingerprint density at radius 3 is 1.36 bits per heavy atom. The molecule has 0 spiro atoms. The molecule has 14 heteroatoms. The van der Waals surface area contributed by atoms with Crippen molar-refractivity contribution in [2.75, 3.05) is 43.7 Å². The molecule has 4 aliphatic carbocycles. The number of nitrogens with zero attached hydrogens (tertiary/aromatic N) is 6. The summed E-state index contributed by atoms with van der Waals surface area (Å²) in [6.45, 7) is 14.2. The Hall–Kier alpha value is -6.77. The number of carbonyl (C=O) groups is 3. The number of rotatable bonds is 19. The van der Waals surface area contributed by atoms with E-state index in [2.05, 4.69) is 158 Å². The van der Waals surface area contributed by atoms with Gasteiger partial charge in [0.1, 0.15) is 11.5 Å². The molecule has 4 fully saturated rings. The highest BCUT2D eigenvalue weighted by Gasteiger charge is 2.35. The smallest absolute Gasteiger partial charge is 0.317 e. The predicted octanol–water partition coefficient (Wildman–Crippen LogP) is 14.3. The summed E-state index contributed by atoms with van der Waals surface area (Å²) in [5.41, 5.74) is 17.6. The largest absolute Gasteiger partial charge is 0.496 e. The fraction of sp³-hybridized carbons (Fsp3) is 0.529. The minimum absolute atomic E-state index is 0.0334. The molecule has 0 saturated heterocycles. The van der Waals surface area contributed by atoms with Crippen LogP contribution < -0.4 is 30.3 Å². The summed E-state index contributed by atoms with van der Waals surface area (Å²) in [6, 6.07) is 31.0. The number of aryl methyl sites for hydroxylation is 2. The lowest BCUT2D eigenvalue weighted by molar-refractivity contribution is -0.136. The third-order valence-electron chi connectivity index (χ3n) is 18.9. The first-order valence-electron chi connectivity index (χ1n) is 31.5. The first-order valence-corrected chi connectivity index (χ1v) is 31.5. The minimum atomic E-state index is -0.843. The number of carbonyl (C=O) groups excluding carboxylic acids is 2. The van der Waals surface area contributed by atoms with E-state index in [0.29, 0.717) is 29.7 Å². The van der Waals surface area contributed by atoms with Gasteiger partial charge in [0.2, 0.25) is 11.8 Å². The number of nitrogens with two attached hydrogens (primary N) is 1. The molecule has 10 rings (SSSR count). The summed E-state index contributed by atoms with van der Waals surface area (Å²) < 4.78 is 14.9. The van der Waals surface area contributed by atoms with E-state index in [9.17, 15) is 14.4 Å². The van der Waals surface area contributed by atoms with E-state index in [1.54, 1.807) is 14.2 Å². The molecule has 14 nitrogen and oxygen atoms in total. The SMILES string of the molecule is COc1ccc(C2CCC(CN(C(=O)C3CCC(N)CC3)c3cccc(-c4cnn(C(C)C)c4)c3)CC2)cc1C.COc1ccc(C2CCC(CN(C(=O)C3CCC(NCC(=O)O)CC3)c3cccc(-c4cnn(C(C)C)c4)c3)CC2)cc1C. The molecule has 2 amide bonds. The van der Waals surface area contributed by atoms with E-state index in [1.807, 2.05) is 27.8 Å². The van der Waals surface area contributed by atoms with Crippen LogP contribution in [-0.2, 0) is 14.4 Å². The number of benzene rings is 4. The van der Waals surface area contributed by atoms with Crippen LogP contribution in [0.4, 0.5) is 11.4 Å². The van der Waals surface area contributed by atoms with Crippen LogP contribution in [0.1, 0.15) is 177 Å². The van der Waals surface area contributed by atoms with Crippen LogP contribution in [0.25, 0.3) is 22.3 Å². The average molecular weight is 1140 g/mol. The molecule has 2 heterocycles. The second kappa shape index (κ2) is 28.9. The predicted molar refractivity (Wildman–Crippen MR) is 337 cm³/mol. The minimum Gasteiger partial charge on any atom is -0.496 e. The molecule has 4 aromatic carbocycles. The number of ether oxygens (including phenoxy) is 2. The highest BCUT2D eigenvalue weighted by Crippen LogP contribution is 2.42. The number of methoxy groups -OCH3 is 2. The topological polar surface area (TPSA) is 170 Å². The highest BCUT2D eigenvalue weighted by molar-refractivity contribution is 5.96. The Bertz CT molecular complexity index is 3110. The first-order chi connectivity index (χ1) is 40.5. The number of nitrogens with one attached hydrogen (secondary N) is 1. The van der Waals surface area contributed by atoms with Gasteiger partial charge in [0.25, 0.3) is 0 Å². The quantitative estimate of drug-likeness (QED) is 0.0709. The Morgan fingerprint density at radius 1 is 0.571 bits per heavy atom. The van der Waals surface area contributed by atoms with Gasteiger partial charge in [-0.15, -0.1) is 0 Å². The van der Waals surface area contributed by atoms with Crippen molar-refractivity contribution in [2.45, 2.75) is 180 Å². The maximum absolute atomic E-state index is 14.3. The highest BCUT2D eigenvalue weighted by atomic mass is 16.5. The first kappa shape index (κ1) is 61.8. The van der Waals surface area contributed by atoms with Crippen LogP contribution in [-0.4, -0.2) is 88.4 Å². The fourth-order valence-electron chi connectivity index (χ4n) is 13.7. The summed E-state index contributed by atoms with van der Waals surface area (Å²) in [5, 5.41) is 21.3. The van der Waals surface area contributed by atoms with Crippen molar-refractivity contribution >= 4 is 29.2 Å². The van der Waals surface area contributed by atoms with Crippen LogP contribution in [0.2, 0.25) is 0 Å². The molecule has 6 aromatic rings. The van der Waals surface area contributed by atoms with E-state index < -0.39 is 5.97 Å². The zero-order valence-corrected chi connectivity index (χ0v) is 51.3. The standard InChI is InChI=1S/C36H48N4O4.C34H46N4O2/c1-24(2)40-23-31(20-38-40)29-6-5-7-33(19-29)39(36(43)28-12-15-32(16-13-28)37-21-35(41)42)22-26-8-10-27(11-9-26)30-14-17-34(44-4)25(3)18-30;1-23(2)38-22-30(20-36-38)28-6-5-7-32(19-28)37(34(39)27-12-15-31(35)16-13-27)21-25-8-10-26(11-9-25)29-14-17-33(40-4)24(3)18-29/h5-7,14,17-20,23-24,26-28,32,37H,8-13,15-16,21-22H2,1-4H3,(H,41,42);5-7,14,17-20,22-23,25-27,31H,8-13,15-16,21,35H2,1-4H3. The molecule has 0 radical (unpaired) electrons. The zero-order valence-electron chi connectivity index (χ0n) is 51.3. The molecule has 2 aromatic heterocycles. The van der Waals surface area contributed by atoms with Crippen molar-refractivity contribution in [2.24, 2.45) is 29.4 Å². The van der Waals surface area contributed by atoms with Gasteiger partial charge in [0, 0.05) is 84.0 Å². The lowest BCUT2D eigenvalue weighted by Crippen LogP contribution is -2.43. The zero-order chi connectivity index (χ0) is 59.4. The summed E-state index contributed by atoms with van der Waals surface area (Å²) in [7, 11) is 3.45. The molecule has 4 aliphatic rings. The van der Waals surface area contributed by atoms with Crippen LogP contribution in [0, 0.1) is 37.5 Å². The molecule has 4 N–H and O–H groups in total. The number of aromatic nitrogens is 4. The van der Waals surface area contributed by atoms with Gasteiger partial charge in [0.05, 0.1) is 33.2 Å². The van der Waals surface area contributed by atoms with Crippen LogP contribution in [0.5, 0.6) is 11.5 Å². The third kappa shape index (κ3) is 15.8. The molecule has 0 atom stereocenters. The number of carboxylic acids is 1. The van der Waals surface area contributed by atoms with Gasteiger partial charge in [-0.1, -0.05) is 48.5 Å². The van der Waals surface area contributed by atoms with E-state index in [4.69, 9.17) is 20.3 Å². The average Bonchev–Trinajstić information content (AvgIpc) is 4.33. The van der Waals surface area contributed by atoms with Gasteiger partial charge in [0.15, 0.2) is 0 Å². The van der Waals surface area contributed by atoms with Gasteiger partial charge in [-0.3, -0.25) is 23.7 Å². The normalized spacial score (nSPS) is 22.7. The molecular weight excluding hydrogens is 1050 g/mol. The van der Waals surface area contributed by atoms with Gasteiger partial charge < -0.3 is 35.4 Å². The summed E-state index contributed by atoms with van der Waals surface area (Å²) in [4.78, 5) is 43.5. The van der Waals surface area contributed by atoms with Crippen molar-refractivity contribution in [3.63, 3.8) is 0 Å². The number of hydrogen-bond donors (Lipinski definition) is 3. The van der Waals surface area contributed by atoms with Gasteiger partial charge in [-0.05, 0) is 238 Å². The second-order valence-corrected chi connectivity index (χ2v) is 25.4. The summed E-state index contributed by atoms with van der Waals surface area (Å²) >= 11 is 0. The van der Waals surface area contributed by atoms with Crippen LogP contribution >= 0.6 is 0 Å². The monoisotopic (exact) mass is 1140 g/mol. The van der Waals surface area contributed by atoms with E-state index in [1.165, 1.54) is 22.3 Å². The molecule has 0 bridgehead atoms. The van der Waals surface area contributed by atoms with Crippen molar-refractivity contribution in [1.29, 1.82) is 0 Å². The van der Waals surface area contributed by atoms with Crippen molar-refractivity contribution in [3.05, 3.63) is 132 Å². The molecule has 0 aliphatic heterocycles. The summed E-state index contributed by atoms with van der Waals surface area (Å²) in [5.74, 6) is 3.57. The Labute approximate surface area is 499 Å². The van der Waals surface area contributed by atoms with Crippen molar-refractivity contribution < 1.29 is 29.0 Å². The Kier molecular flexibility index (Phi) is 21.2. The lowest BCUT2D eigenvalue weighted by atomic mass is 9.78. The van der Waals surface area contributed by atoms with E-state index >= 15 is 0 Å². The number of anilines is 2. The molecule has 0 unspecified atom stereocenters. The van der Waals surface area contributed by atoms with Crippen molar-refractivity contribution in [1.82, 2.24) is 24.9 Å². The maximum atomic E-state index is 14.3. The molecule has 84 heavy (non-hydrogen) atoms. The summed E-state index contributed by atoms with van der Waals surface area (Å²) in [6.07, 6.45) is 23.8. The second-order valence-electron chi connectivity index (χ2n) is 25.4. The maximum Gasteiger partial charge on any atom is 0.317 e. The van der Waals surface area contributed by atoms with Gasteiger partial charge in [-0.25, -0.2) is 0 Å². The third-order valence-corrected chi connectivity index (χ3v) is 18.9. The molecule has 4 saturated carbocycles. The fourth-order valence-corrected chi connectivity index (χ4v) is 13.7. The van der Waals surface area contributed by atoms with Crippen molar-refractivity contribution in [3.8, 4) is 33.8 Å². The van der Waals surface area contributed by atoms with Gasteiger partial charge in [-0.2, -0.15) is 10.2 Å².